The third-order valence-corrected chi connectivity index (χ3v) is 6.24. The fourth-order valence-electron chi connectivity index (χ4n) is 4.83. The lowest BCUT2D eigenvalue weighted by atomic mass is 9.82. The first-order valence-corrected chi connectivity index (χ1v) is 11.4. The number of benzene rings is 1. The predicted octanol–water partition coefficient (Wildman–Crippen LogP) is 3.88. The van der Waals surface area contributed by atoms with Crippen LogP contribution in [0, 0.1) is 11.3 Å². The molecule has 2 bridgehead atoms. The fourth-order valence-corrected chi connectivity index (χ4v) is 4.83. The number of aromatic nitrogens is 1. The zero-order chi connectivity index (χ0) is 23.8. The van der Waals surface area contributed by atoms with E-state index in [1.54, 1.807) is 28.8 Å². The lowest BCUT2D eigenvalue weighted by Gasteiger charge is -2.43. The molecule has 3 heterocycles. The Morgan fingerprint density at radius 1 is 1.03 bits per heavy atom. The Kier molecular flexibility index (Phi) is 6.19. The molecule has 2 aromatic rings. The summed E-state index contributed by atoms with van der Waals surface area (Å²) in [5, 5.41) is 5.40. The number of piperidine rings is 1. The molecule has 8 heteroatoms. The molecule has 1 fully saturated rings. The van der Waals surface area contributed by atoms with Gasteiger partial charge in [-0.3, -0.25) is 9.59 Å². The zero-order valence-electron chi connectivity index (χ0n) is 19.7. The van der Waals surface area contributed by atoms with Crippen LogP contribution in [0.5, 0.6) is 5.75 Å². The van der Waals surface area contributed by atoms with Crippen LogP contribution >= 0.6 is 0 Å². The van der Waals surface area contributed by atoms with Crippen LogP contribution in [0.4, 0.5) is 16.2 Å². The number of hydrogen-bond donors (Lipinski definition) is 2. The molecule has 0 radical (unpaired) electrons. The summed E-state index contributed by atoms with van der Waals surface area (Å²) in [7, 11) is 1.53. The van der Waals surface area contributed by atoms with Crippen molar-refractivity contribution >= 4 is 23.3 Å². The summed E-state index contributed by atoms with van der Waals surface area (Å²) < 4.78 is 7.02. The molecule has 0 aliphatic carbocycles. The number of carbonyl (C=O) groups is 2. The molecule has 2 atom stereocenters. The minimum absolute atomic E-state index is 0.0522. The summed E-state index contributed by atoms with van der Waals surface area (Å²) in [6.45, 7) is 8.07. The summed E-state index contributed by atoms with van der Waals surface area (Å²) >= 11 is 0. The maximum atomic E-state index is 13.2. The molecular weight excluding hydrogens is 420 g/mol. The van der Waals surface area contributed by atoms with E-state index in [9.17, 15) is 14.4 Å². The third-order valence-electron chi connectivity index (χ3n) is 6.24. The highest BCUT2D eigenvalue weighted by Crippen LogP contribution is 2.36. The van der Waals surface area contributed by atoms with Crippen molar-refractivity contribution in [1.82, 2.24) is 9.47 Å². The number of carbonyl (C=O) groups excluding carboxylic acids is 2. The second kappa shape index (κ2) is 8.92. The second-order valence-electron chi connectivity index (χ2n) is 10.2. The number of methoxy groups -OCH3 is 1. The zero-order valence-corrected chi connectivity index (χ0v) is 19.7. The van der Waals surface area contributed by atoms with Gasteiger partial charge in [0.1, 0.15) is 11.4 Å². The van der Waals surface area contributed by atoms with E-state index in [1.165, 1.54) is 7.11 Å². The number of anilines is 2. The average molecular weight is 453 g/mol. The highest BCUT2D eigenvalue weighted by Gasteiger charge is 2.37. The van der Waals surface area contributed by atoms with Gasteiger partial charge in [0.2, 0.25) is 5.91 Å². The number of rotatable bonds is 4. The van der Waals surface area contributed by atoms with E-state index in [4.69, 9.17) is 4.74 Å². The monoisotopic (exact) mass is 452 g/mol. The minimum atomic E-state index is -0.507. The van der Waals surface area contributed by atoms with Crippen molar-refractivity contribution < 1.29 is 14.3 Å². The van der Waals surface area contributed by atoms with E-state index in [-0.39, 0.29) is 34.4 Å². The second-order valence-corrected chi connectivity index (χ2v) is 10.2. The standard InChI is InChI=1S/C25H32N4O4/c1-25(2,3)12-22(30)28-13-16-11-17(15-28)20-10-9-19(23(31)29(20)14-16)27-24(32)26-18-7-5-6-8-21(18)33-4/h5-10,16-17H,11-15H2,1-4H3,(H2,26,27,32)/t16-,17+/m0/s1. The number of nitrogens with zero attached hydrogens (tertiary/aromatic N) is 2. The van der Waals surface area contributed by atoms with Gasteiger partial charge in [-0.2, -0.15) is 0 Å². The molecule has 3 amide bonds. The van der Waals surface area contributed by atoms with Crippen LogP contribution in [0.15, 0.2) is 41.2 Å². The molecule has 2 N–H and O–H groups in total. The molecule has 8 nitrogen and oxygen atoms in total. The number of para-hydroxylation sites is 2. The lowest BCUT2D eigenvalue weighted by molar-refractivity contribution is -0.135. The Bertz CT molecular complexity index is 1120. The van der Waals surface area contributed by atoms with Crippen molar-refractivity contribution in [2.45, 2.75) is 46.1 Å². The van der Waals surface area contributed by atoms with Gasteiger partial charge in [-0.15, -0.1) is 0 Å². The highest BCUT2D eigenvalue weighted by molar-refractivity contribution is 6.00. The number of nitrogens with one attached hydrogen (secondary N) is 2. The Morgan fingerprint density at radius 3 is 2.48 bits per heavy atom. The number of urea groups is 1. The first-order chi connectivity index (χ1) is 15.6. The van der Waals surface area contributed by atoms with Gasteiger partial charge >= 0.3 is 6.03 Å². The van der Waals surface area contributed by atoms with Crippen molar-refractivity contribution in [2.24, 2.45) is 11.3 Å². The molecule has 1 aromatic carbocycles. The SMILES string of the molecule is COc1ccccc1NC(=O)Nc1ccc2n(c1=O)C[C@H]1C[C@@H]2CN(C(=O)CC(C)(C)C)C1. The summed E-state index contributed by atoms with van der Waals surface area (Å²) in [6, 6.07) is 10.1. The van der Waals surface area contributed by atoms with Gasteiger partial charge in [-0.25, -0.2) is 4.79 Å². The Labute approximate surface area is 193 Å². The quantitative estimate of drug-likeness (QED) is 0.736. The van der Waals surface area contributed by atoms with Crippen LogP contribution in [-0.2, 0) is 11.3 Å². The summed E-state index contributed by atoms with van der Waals surface area (Å²) in [5.41, 5.74) is 1.41. The Morgan fingerprint density at radius 2 is 1.76 bits per heavy atom. The first kappa shape index (κ1) is 22.9. The van der Waals surface area contributed by atoms with E-state index in [0.29, 0.717) is 37.5 Å². The van der Waals surface area contributed by atoms with E-state index >= 15 is 0 Å². The number of pyridine rings is 1. The predicted molar refractivity (Wildman–Crippen MR) is 128 cm³/mol. The first-order valence-electron chi connectivity index (χ1n) is 11.4. The number of ether oxygens (including phenoxy) is 1. The Hall–Kier alpha value is -3.29. The molecule has 2 aliphatic heterocycles. The van der Waals surface area contributed by atoms with Crippen molar-refractivity contribution in [3.05, 3.63) is 52.4 Å². The van der Waals surface area contributed by atoms with Crippen molar-refractivity contribution in [1.29, 1.82) is 0 Å². The van der Waals surface area contributed by atoms with Crippen LogP contribution in [0.1, 0.15) is 45.2 Å². The van der Waals surface area contributed by atoms with Gasteiger partial charge in [0.25, 0.3) is 5.56 Å². The smallest absolute Gasteiger partial charge is 0.323 e. The van der Waals surface area contributed by atoms with Gasteiger partial charge < -0.3 is 24.8 Å². The number of hydrogen-bond acceptors (Lipinski definition) is 4. The molecule has 0 unspecified atom stereocenters. The van der Waals surface area contributed by atoms with Crippen LogP contribution in [0.2, 0.25) is 0 Å². The molecule has 33 heavy (non-hydrogen) atoms. The van der Waals surface area contributed by atoms with Gasteiger partial charge in [0.15, 0.2) is 0 Å². The summed E-state index contributed by atoms with van der Waals surface area (Å²) in [4.78, 5) is 40.5. The third kappa shape index (κ3) is 5.05. The lowest BCUT2D eigenvalue weighted by Crippen LogP contribution is -2.49. The van der Waals surface area contributed by atoms with Gasteiger partial charge in [-0.05, 0) is 42.0 Å². The Balaban J connectivity index is 1.49. The van der Waals surface area contributed by atoms with Crippen LogP contribution < -0.4 is 20.9 Å². The molecule has 0 spiro atoms. The normalized spacial score (nSPS) is 19.5. The van der Waals surface area contributed by atoms with Gasteiger partial charge in [-0.1, -0.05) is 32.9 Å². The van der Waals surface area contributed by atoms with Crippen molar-refractivity contribution in [3.63, 3.8) is 0 Å². The maximum Gasteiger partial charge on any atom is 0.323 e. The van der Waals surface area contributed by atoms with Crippen molar-refractivity contribution in [3.8, 4) is 5.75 Å². The number of fused-ring (bicyclic) bond motifs is 4. The van der Waals surface area contributed by atoms with Crippen LogP contribution in [0.3, 0.4) is 0 Å². The average Bonchev–Trinajstić information content (AvgIpc) is 2.75. The molecular formula is C25H32N4O4. The molecule has 176 valence electrons. The molecule has 4 rings (SSSR count). The van der Waals surface area contributed by atoms with E-state index in [1.807, 2.05) is 17.0 Å². The van der Waals surface area contributed by atoms with Gasteiger partial charge in [0.05, 0.1) is 12.8 Å². The molecule has 1 saturated heterocycles. The maximum absolute atomic E-state index is 13.2. The van der Waals surface area contributed by atoms with Crippen LogP contribution in [0.25, 0.3) is 0 Å². The minimum Gasteiger partial charge on any atom is -0.495 e. The molecule has 1 aromatic heterocycles. The summed E-state index contributed by atoms with van der Waals surface area (Å²) in [5.74, 6) is 1.08. The summed E-state index contributed by atoms with van der Waals surface area (Å²) in [6.07, 6.45) is 1.49. The van der Waals surface area contributed by atoms with Crippen LogP contribution in [-0.4, -0.2) is 41.6 Å². The number of likely N-dealkylation sites (tertiary alicyclic amines) is 1. The largest absolute Gasteiger partial charge is 0.495 e. The van der Waals surface area contributed by atoms with Crippen molar-refractivity contribution in [2.75, 3.05) is 30.8 Å². The van der Waals surface area contributed by atoms with Gasteiger partial charge in [0, 0.05) is 37.7 Å². The fraction of sp³-hybridized carbons (Fsp3) is 0.480. The number of amides is 3. The molecule has 2 aliphatic rings. The van der Waals surface area contributed by atoms with E-state index in [2.05, 4.69) is 31.4 Å². The topological polar surface area (TPSA) is 92.7 Å². The molecule has 0 saturated carbocycles. The van der Waals surface area contributed by atoms with E-state index < -0.39 is 6.03 Å². The van der Waals surface area contributed by atoms with E-state index in [0.717, 1.165) is 12.1 Å². The highest BCUT2D eigenvalue weighted by atomic mass is 16.5.